The number of benzene rings is 6. The van der Waals surface area contributed by atoms with Crippen LogP contribution in [0.4, 0.5) is 60.6 Å². The van der Waals surface area contributed by atoms with Crippen molar-refractivity contribution in [3.05, 3.63) is 187 Å². The molecule has 8 aromatic rings. The van der Waals surface area contributed by atoms with Gasteiger partial charge in [0.2, 0.25) is 17.7 Å². The zero-order chi connectivity index (χ0) is 62.0. The molecule has 29 heteroatoms. The summed E-state index contributed by atoms with van der Waals surface area (Å²) in [5.74, 6) is 3.15. The number of nitrogens with one attached hydrogen (secondary N) is 5. The number of rotatable bonds is 19. The first-order valence-electron chi connectivity index (χ1n) is 26.1. The fourth-order valence-electron chi connectivity index (χ4n) is 8.77. The van der Waals surface area contributed by atoms with Crippen LogP contribution in [0.2, 0.25) is 0 Å². The minimum Gasteiger partial charge on any atom is -0.497 e. The van der Waals surface area contributed by atoms with Crippen molar-refractivity contribution in [2.45, 2.75) is 50.5 Å². The lowest BCUT2D eigenvalue weighted by atomic mass is 10.0. The fraction of sp³-hybridized carbons (Fsp3) is 0.217. The number of halogens is 3. The molecule has 2 aliphatic heterocycles. The molecule has 10 rings (SSSR count). The molecule has 25 nitrogen and oxygen atoms in total. The minimum atomic E-state index is -0.658. The summed E-state index contributed by atoms with van der Waals surface area (Å²) in [7, 11) is 6.28. The SMILES string of the molecule is C.COc1ccc(CNc2ccc(C#N)cc2Nc2ncc([N+](=O)[O-])c(NC3CCOc4ccc(F)cc43)n2)c(OC)c1.COc1ccc(CNc2ccc(C#N)cc2Nc2ncc([N+](=O)[O-])c(SC#N)n2)c(OC)c1.Cl.NC1CCOc2ccc(F)cc21. The summed E-state index contributed by atoms with van der Waals surface area (Å²) in [6, 6.07) is 33.1. The summed E-state index contributed by atoms with van der Waals surface area (Å²) in [5, 5.41) is 68.0. The average Bonchev–Trinajstić information content (AvgIpc) is 1.55. The zero-order valence-electron chi connectivity index (χ0n) is 47.2. The van der Waals surface area contributed by atoms with E-state index in [-0.39, 0.29) is 65.8 Å². The Morgan fingerprint density at radius 3 is 1.63 bits per heavy atom. The zero-order valence-corrected chi connectivity index (χ0v) is 48.8. The summed E-state index contributed by atoms with van der Waals surface area (Å²) in [4.78, 5) is 38.2. The topological polar surface area (TPSA) is 351 Å². The lowest BCUT2D eigenvalue weighted by molar-refractivity contribution is -0.388. The Balaban J connectivity index is 0.000000238. The van der Waals surface area contributed by atoms with Gasteiger partial charge in [0, 0.05) is 78.1 Å². The largest absolute Gasteiger partial charge is 0.497 e. The molecular formula is C60H58ClF2N15O10S. The first kappa shape index (κ1) is 67.1. The lowest BCUT2D eigenvalue weighted by Crippen LogP contribution is -2.22. The predicted molar refractivity (Wildman–Crippen MR) is 332 cm³/mol. The number of thioether (sulfide) groups is 1. The van der Waals surface area contributed by atoms with Gasteiger partial charge in [0.15, 0.2) is 5.03 Å². The molecule has 0 saturated carbocycles. The summed E-state index contributed by atoms with van der Waals surface area (Å²) in [5.41, 5.74) is 11.1. The Morgan fingerprint density at radius 1 is 0.640 bits per heavy atom. The van der Waals surface area contributed by atoms with Crippen LogP contribution in [0, 0.1) is 65.2 Å². The lowest BCUT2D eigenvalue weighted by Gasteiger charge is -2.27. The molecule has 0 bridgehead atoms. The standard InChI is InChI=1S/C29H26FN7O5.C21H17N7O4S.C9H10FNO.CH4.ClH/c1-40-20-6-4-18(27(13-20)41-2)15-32-23-7-3-17(14-31)11-24(23)35-29-33-16-25(37(38)39)28(36-29)34-22-9-10-42-26-8-5-19(30)12-21(22)26;1-31-15-5-4-14(19(8-15)32-2)10-24-16-6-3-13(9-22)7-17(16)26-21-25-11-18(28(29)30)20(27-21)33-12-23;10-6-1-2-9-7(5-6)8(11)3-4-12-9;;/h3-8,11-13,16,22,32H,9-10,15H2,1-2H3,(H2,33,34,35,36);3-8,11,24H,10H2,1-2H3,(H,25,26,27);1-2,5,8H,3-4,11H2;1H4;1H. The van der Waals surface area contributed by atoms with Gasteiger partial charge in [-0.25, -0.2) is 18.7 Å². The third kappa shape index (κ3) is 17.4. The molecule has 0 fully saturated rings. The van der Waals surface area contributed by atoms with Crippen LogP contribution >= 0.6 is 24.2 Å². The molecule has 0 spiro atoms. The van der Waals surface area contributed by atoms with Gasteiger partial charge in [0.25, 0.3) is 0 Å². The molecule has 460 valence electrons. The second-order valence-electron chi connectivity index (χ2n) is 18.5. The van der Waals surface area contributed by atoms with Gasteiger partial charge in [-0.2, -0.15) is 25.8 Å². The molecule has 7 N–H and O–H groups in total. The van der Waals surface area contributed by atoms with Gasteiger partial charge < -0.3 is 60.7 Å². The highest BCUT2D eigenvalue weighted by Crippen LogP contribution is 2.38. The van der Waals surface area contributed by atoms with Crippen LogP contribution in [-0.2, 0) is 13.1 Å². The highest BCUT2D eigenvalue weighted by molar-refractivity contribution is 8.03. The van der Waals surface area contributed by atoms with Crippen LogP contribution in [-0.4, -0.2) is 71.4 Å². The van der Waals surface area contributed by atoms with Crippen molar-refractivity contribution in [3.8, 4) is 52.0 Å². The Hall–Kier alpha value is -11.0. The van der Waals surface area contributed by atoms with E-state index in [0.29, 0.717) is 113 Å². The number of nitrogens with zero attached hydrogens (tertiary/aromatic N) is 9. The Labute approximate surface area is 519 Å². The molecule has 6 aromatic carbocycles. The quantitative estimate of drug-likeness (QED) is 0.0144. The number of anilines is 7. The summed E-state index contributed by atoms with van der Waals surface area (Å²) in [6.45, 7) is 1.74. The first-order valence-corrected chi connectivity index (χ1v) is 26.9. The van der Waals surface area contributed by atoms with E-state index in [1.165, 1.54) is 30.3 Å². The highest BCUT2D eigenvalue weighted by Gasteiger charge is 2.27. The molecule has 2 atom stereocenters. The number of hydrogen-bond donors (Lipinski definition) is 6. The number of methoxy groups -OCH3 is 4. The van der Waals surface area contributed by atoms with E-state index in [4.69, 9.17) is 39.4 Å². The van der Waals surface area contributed by atoms with Crippen molar-refractivity contribution in [3.63, 3.8) is 0 Å². The van der Waals surface area contributed by atoms with Crippen LogP contribution in [0.5, 0.6) is 34.5 Å². The third-order valence-corrected chi connectivity index (χ3v) is 13.7. The van der Waals surface area contributed by atoms with Crippen molar-refractivity contribution in [1.29, 1.82) is 15.8 Å². The van der Waals surface area contributed by atoms with Gasteiger partial charge in [0.05, 0.1) is 104 Å². The Morgan fingerprint density at radius 2 is 1.13 bits per heavy atom. The second kappa shape index (κ2) is 31.9. The number of hydrogen-bond acceptors (Lipinski definition) is 24. The first-order chi connectivity index (χ1) is 42.1. The number of fused-ring (bicyclic) bond motifs is 2. The highest BCUT2D eigenvalue weighted by atomic mass is 35.5. The predicted octanol–water partition coefficient (Wildman–Crippen LogP) is 12.6. The molecule has 0 aliphatic carbocycles. The van der Waals surface area contributed by atoms with E-state index >= 15 is 0 Å². The number of nitrogens with two attached hydrogens (primary N) is 1. The summed E-state index contributed by atoms with van der Waals surface area (Å²) in [6.07, 6.45) is 3.31. The van der Waals surface area contributed by atoms with Gasteiger partial charge >= 0.3 is 11.4 Å². The van der Waals surface area contributed by atoms with E-state index in [0.717, 1.165) is 41.3 Å². The molecule has 2 aromatic heterocycles. The summed E-state index contributed by atoms with van der Waals surface area (Å²) >= 11 is 0.562. The molecule has 0 radical (unpaired) electrons. The smallest absolute Gasteiger partial charge is 0.329 e. The molecule has 2 aliphatic rings. The van der Waals surface area contributed by atoms with E-state index < -0.39 is 21.7 Å². The van der Waals surface area contributed by atoms with Crippen molar-refractivity contribution < 1.29 is 47.0 Å². The summed E-state index contributed by atoms with van der Waals surface area (Å²) < 4.78 is 59.1. The molecule has 0 saturated heterocycles. The van der Waals surface area contributed by atoms with E-state index in [1.807, 2.05) is 24.3 Å². The number of aromatic nitrogens is 4. The third-order valence-electron chi connectivity index (χ3n) is 13.1. The Bertz CT molecular complexity index is 3970. The maximum absolute atomic E-state index is 14.0. The van der Waals surface area contributed by atoms with E-state index in [1.54, 1.807) is 88.4 Å². The normalized spacial score (nSPS) is 13.0. The maximum atomic E-state index is 14.0. The van der Waals surface area contributed by atoms with Gasteiger partial charge in [-0.15, -0.1) is 12.4 Å². The molecule has 89 heavy (non-hydrogen) atoms. The fourth-order valence-corrected chi connectivity index (χ4v) is 9.22. The van der Waals surface area contributed by atoms with Gasteiger partial charge in [-0.05, 0) is 97.1 Å². The van der Waals surface area contributed by atoms with Gasteiger partial charge in [-0.1, -0.05) is 7.43 Å². The van der Waals surface area contributed by atoms with Crippen LogP contribution < -0.4 is 60.7 Å². The van der Waals surface area contributed by atoms with Crippen molar-refractivity contribution in [1.82, 2.24) is 19.9 Å². The van der Waals surface area contributed by atoms with Gasteiger partial charge in [0.1, 0.15) is 63.9 Å². The van der Waals surface area contributed by atoms with Gasteiger partial charge in [-0.3, -0.25) is 20.2 Å². The number of ether oxygens (including phenoxy) is 6. The maximum Gasteiger partial charge on any atom is 0.329 e. The van der Waals surface area contributed by atoms with Crippen LogP contribution in [0.3, 0.4) is 0 Å². The van der Waals surface area contributed by atoms with Crippen LogP contribution in [0.1, 0.15) is 65.7 Å². The Kier molecular flexibility index (Phi) is 24.1. The number of nitriles is 3. The van der Waals surface area contributed by atoms with Crippen molar-refractivity contribution in [2.24, 2.45) is 5.73 Å². The van der Waals surface area contributed by atoms with Crippen molar-refractivity contribution >= 4 is 76.0 Å². The van der Waals surface area contributed by atoms with E-state index in [2.05, 4.69) is 58.7 Å². The van der Waals surface area contributed by atoms with Crippen LogP contribution in [0.25, 0.3) is 0 Å². The minimum absolute atomic E-state index is 0. The average molecular weight is 1250 g/mol. The molecule has 0 amide bonds. The molecular weight excluding hydrogens is 1200 g/mol. The number of thiocyanates is 1. The molecule has 2 unspecified atom stereocenters. The number of nitro groups is 2. The molecule has 4 heterocycles. The second-order valence-corrected chi connectivity index (χ2v) is 19.3. The van der Waals surface area contributed by atoms with E-state index in [9.17, 15) is 39.5 Å². The van der Waals surface area contributed by atoms with Crippen molar-refractivity contribution in [2.75, 3.05) is 68.2 Å². The monoisotopic (exact) mass is 1250 g/mol. The van der Waals surface area contributed by atoms with Crippen LogP contribution in [0.15, 0.2) is 127 Å².